The van der Waals surface area contributed by atoms with Crippen molar-refractivity contribution in [1.82, 2.24) is 9.97 Å². The Hall–Kier alpha value is -3.53. The number of aromatic amines is 1. The van der Waals surface area contributed by atoms with Crippen LogP contribution in [0.25, 0.3) is 0 Å². The summed E-state index contributed by atoms with van der Waals surface area (Å²) in [5.74, 6) is -3.65. The van der Waals surface area contributed by atoms with Gasteiger partial charge in [0.15, 0.2) is 5.16 Å². The first-order valence-electron chi connectivity index (χ1n) is 9.27. The van der Waals surface area contributed by atoms with Crippen LogP contribution in [0.2, 0.25) is 0 Å². The van der Waals surface area contributed by atoms with Gasteiger partial charge in [0.1, 0.15) is 17.5 Å². The van der Waals surface area contributed by atoms with E-state index in [1.54, 1.807) is 0 Å². The molecule has 2 heterocycles. The number of halogens is 2. The van der Waals surface area contributed by atoms with E-state index in [4.69, 9.17) is 0 Å². The largest absolute Gasteiger partial charge is 0.323 e. The average Bonchev–Trinajstić information content (AvgIpc) is 2.74. The van der Waals surface area contributed by atoms with Crippen molar-refractivity contribution in [3.8, 4) is 0 Å². The van der Waals surface area contributed by atoms with Crippen molar-refractivity contribution < 1.29 is 18.4 Å². The molecule has 0 saturated carbocycles. The first-order valence-corrected chi connectivity index (χ1v) is 10.3. The van der Waals surface area contributed by atoms with Crippen LogP contribution >= 0.6 is 11.8 Å². The van der Waals surface area contributed by atoms with E-state index in [-0.39, 0.29) is 23.5 Å². The fourth-order valence-corrected chi connectivity index (χ4v) is 4.00. The maximum atomic E-state index is 13.9. The zero-order valence-corrected chi connectivity index (χ0v) is 16.8. The highest BCUT2D eigenvalue weighted by molar-refractivity contribution is 7.98. The van der Waals surface area contributed by atoms with Crippen LogP contribution in [-0.4, -0.2) is 21.8 Å². The highest BCUT2D eigenvalue weighted by Crippen LogP contribution is 2.31. The number of hydrogen-bond donors (Lipinski definition) is 3. The molecule has 0 aliphatic carbocycles. The monoisotopic (exact) mass is 442 g/mol. The molecule has 3 N–H and O–H groups in total. The molecule has 0 fully saturated rings. The van der Waals surface area contributed by atoms with Gasteiger partial charge in [-0.3, -0.25) is 14.4 Å². The Kier molecular flexibility index (Phi) is 5.81. The van der Waals surface area contributed by atoms with Gasteiger partial charge in [0.2, 0.25) is 11.8 Å². The lowest BCUT2D eigenvalue weighted by Gasteiger charge is -2.23. The highest BCUT2D eigenvalue weighted by Gasteiger charge is 2.35. The molecule has 2 amide bonds. The SMILES string of the molecule is O=C1C[C@@H](C(=O)Nc2ccc(F)cc2F)c2c(nc(SCc3ccccc3)[nH]c2=O)N1. The molecule has 31 heavy (non-hydrogen) atoms. The Bertz CT molecular complexity index is 1220. The van der Waals surface area contributed by atoms with Gasteiger partial charge in [-0.05, 0) is 17.7 Å². The fourth-order valence-electron chi connectivity index (χ4n) is 3.18. The van der Waals surface area contributed by atoms with Crippen molar-refractivity contribution >= 4 is 35.1 Å². The van der Waals surface area contributed by atoms with E-state index >= 15 is 0 Å². The van der Waals surface area contributed by atoms with E-state index in [1.807, 2.05) is 30.3 Å². The third-order valence-corrected chi connectivity index (χ3v) is 5.60. The van der Waals surface area contributed by atoms with Crippen molar-refractivity contribution in [1.29, 1.82) is 0 Å². The van der Waals surface area contributed by atoms with Crippen LogP contribution in [0.1, 0.15) is 23.5 Å². The normalized spacial score (nSPS) is 15.2. The molecule has 1 aliphatic rings. The maximum Gasteiger partial charge on any atom is 0.257 e. The number of rotatable bonds is 5. The lowest BCUT2D eigenvalue weighted by molar-refractivity contribution is -0.123. The van der Waals surface area contributed by atoms with Gasteiger partial charge in [-0.2, -0.15) is 0 Å². The molecule has 4 rings (SSSR count). The number of fused-ring (bicyclic) bond motifs is 1. The summed E-state index contributed by atoms with van der Waals surface area (Å²) in [5.41, 5.74) is 0.192. The molecule has 0 bridgehead atoms. The number of carbonyl (C=O) groups is 2. The van der Waals surface area contributed by atoms with E-state index in [2.05, 4.69) is 20.6 Å². The third kappa shape index (κ3) is 4.64. The molecular weight excluding hydrogens is 426 g/mol. The summed E-state index contributed by atoms with van der Waals surface area (Å²) >= 11 is 1.27. The van der Waals surface area contributed by atoms with Crippen LogP contribution in [0.5, 0.6) is 0 Å². The van der Waals surface area contributed by atoms with Gasteiger partial charge in [0.25, 0.3) is 5.56 Å². The molecule has 7 nitrogen and oxygen atoms in total. The predicted molar refractivity (Wildman–Crippen MR) is 112 cm³/mol. The second-order valence-corrected chi connectivity index (χ2v) is 7.79. The second-order valence-electron chi connectivity index (χ2n) is 6.83. The number of H-pyrrole nitrogens is 1. The van der Waals surface area contributed by atoms with Gasteiger partial charge >= 0.3 is 0 Å². The summed E-state index contributed by atoms with van der Waals surface area (Å²) in [6, 6.07) is 12.2. The average molecular weight is 442 g/mol. The number of carbonyl (C=O) groups excluding carboxylic acids is 2. The second kappa shape index (κ2) is 8.68. The van der Waals surface area contributed by atoms with Crippen LogP contribution in [0.4, 0.5) is 20.3 Å². The lowest BCUT2D eigenvalue weighted by atomic mass is 9.92. The van der Waals surface area contributed by atoms with Crippen LogP contribution in [0.15, 0.2) is 58.5 Å². The number of nitrogens with one attached hydrogen (secondary N) is 3. The zero-order chi connectivity index (χ0) is 22.0. The maximum absolute atomic E-state index is 13.9. The Balaban J connectivity index is 1.59. The summed E-state index contributed by atoms with van der Waals surface area (Å²) < 4.78 is 27.0. The molecule has 158 valence electrons. The molecule has 2 aromatic carbocycles. The number of anilines is 2. The Labute approximate surface area is 179 Å². The standard InChI is InChI=1S/C21H16F2N4O3S/c22-12-6-7-15(14(23)8-12)24-19(29)13-9-16(28)25-18-17(13)20(30)27-21(26-18)31-10-11-4-2-1-3-5-11/h1-8,13H,9-10H2,(H,24,29)(H2,25,26,27,28,30)/t13-/m1/s1. The van der Waals surface area contributed by atoms with E-state index in [0.29, 0.717) is 17.0 Å². The van der Waals surface area contributed by atoms with E-state index in [0.717, 1.165) is 17.7 Å². The topological polar surface area (TPSA) is 104 Å². The smallest absolute Gasteiger partial charge is 0.257 e. The molecule has 0 spiro atoms. The summed E-state index contributed by atoms with van der Waals surface area (Å²) in [5, 5.41) is 5.12. The van der Waals surface area contributed by atoms with Crippen LogP contribution in [0, 0.1) is 11.6 Å². The third-order valence-electron chi connectivity index (χ3n) is 4.65. The Morgan fingerprint density at radius 2 is 1.94 bits per heavy atom. The highest BCUT2D eigenvalue weighted by atomic mass is 32.2. The number of aromatic nitrogens is 2. The first-order chi connectivity index (χ1) is 14.9. The van der Waals surface area contributed by atoms with Crippen molar-refractivity contribution in [2.24, 2.45) is 0 Å². The van der Waals surface area contributed by atoms with E-state index < -0.39 is 34.9 Å². The lowest BCUT2D eigenvalue weighted by Crippen LogP contribution is -2.36. The van der Waals surface area contributed by atoms with Crippen molar-refractivity contribution in [3.63, 3.8) is 0 Å². The number of amides is 2. The number of benzene rings is 2. The van der Waals surface area contributed by atoms with E-state index in [9.17, 15) is 23.2 Å². The number of nitrogens with zero attached hydrogens (tertiary/aromatic N) is 1. The number of thioether (sulfide) groups is 1. The zero-order valence-electron chi connectivity index (χ0n) is 15.9. The van der Waals surface area contributed by atoms with Gasteiger partial charge in [-0.1, -0.05) is 42.1 Å². The molecule has 0 saturated heterocycles. The summed E-state index contributed by atoms with van der Waals surface area (Å²) in [6.45, 7) is 0. The van der Waals surface area contributed by atoms with Crippen LogP contribution in [0.3, 0.4) is 0 Å². The predicted octanol–water partition coefficient (Wildman–Crippen LogP) is 3.40. The molecule has 10 heteroatoms. The molecule has 0 radical (unpaired) electrons. The van der Waals surface area contributed by atoms with Crippen LogP contribution < -0.4 is 16.2 Å². The fraction of sp³-hybridized carbons (Fsp3) is 0.143. The molecule has 1 aliphatic heterocycles. The van der Waals surface area contributed by atoms with Gasteiger partial charge in [-0.25, -0.2) is 13.8 Å². The minimum Gasteiger partial charge on any atom is -0.323 e. The molecule has 1 aromatic heterocycles. The molecule has 0 unspecified atom stereocenters. The van der Waals surface area contributed by atoms with Crippen LogP contribution in [-0.2, 0) is 15.3 Å². The minimum atomic E-state index is -1.17. The molecule has 1 atom stereocenters. The van der Waals surface area contributed by atoms with Gasteiger partial charge in [0.05, 0.1) is 17.2 Å². The van der Waals surface area contributed by atoms with Gasteiger partial charge in [-0.15, -0.1) is 0 Å². The molecule has 3 aromatic rings. The summed E-state index contributed by atoms with van der Waals surface area (Å²) in [7, 11) is 0. The van der Waals surface area contributed by atoms with Gasteiger partial charge < -0.3 is 15.6 Å². The van der Waals surface area contributed by atoms with Gasteiger partial charge in [0, 0.05) is 18.2 Å². The van der Waals surface area contributed by atoms with E-state index in [1.165, 1.54) is 11.8 Å². The minimum absolute atomic E-state index is 0.00436. The Morgan fingerprint density at radius 3 is 2.68 bits per heavy atom. The van der Waals surface area contributed by atoms with Crippen molar-refractivity contribution in [2.45, 2.75) is 23.2 Å². The number of hydrogen-bond acceptors (Lipinski definition) is 5. The summed E-state index contributed by atoms with van der Waals surface area (Å²) in [6.07, 6.45) is -0.303. The first kappa shape index (κ1) is 20.7. The quantitative estimate of drug-likeness (QED) is 0.415. The van der Waals surface area contributed by atoms with Crippen molar-refractivity contribution in [3.05, 3.63) is 81.6 Å². The molecular formula is C21H16F2N4O3S. The summed E-state index contributed by atoms with van der Waals surface area (Å²) in [4.78, 5) is 44.5. The van der Waals surface area contributed by atoms with Crippen molar-refractivity contribution in [2.75, 3.05) is 10.6 Å². The Morgan fingerprint density at radius 1 is 1.16 bits per heavy atom.